The van der Waals surface area contributed by atoms with Crippen molar-refractivity contribution in [2.24, 2.45) is 0 Å². The average molecular weight is 296 g/mol. The molecule has 0 bridgehead atoms. The molecule has 0 spiro atoms. The van der Waals surface area contributed by atoms with Gasteiger partial charge in [0, 0.05) is 18.0 Å². The van der Waals surface area contributed by atoms with Crippen LogP contribution in [-0.2, 0) is 0 Å². The number of amides is 1. The summed E-state index contributed by atoms with van der Waals surface area (Å²) >= 11 is 3.08. The molecular weight excluding hydrogens is 280 g/mol. The van der Waals surface area contributed by atoms with E-state index in [9.17, 15) is 4.79 Å². The quantitative estimate of drug-likeness (QED) is 0.923. The van der Waals surface area contributed by atoms with Crippen LogP contribution in [0.25, 0.3) is 9.88 Å². The van der Waals surface area contributed by atoms with Gasteiger partial charge in [0.2, 0.25) is 0 Å². The van der Waals surface area contributed by atoms with Crippen molar-refractivity contribution in [3.63, 3.8) is 0 Å². The summed E-state index contributed by atoms with van der Waals surface area (Å²) in [5.74, 6) is -0.122. The van der Waals surface area contributed by atoms with Crippen molar-refractivity contribution in [2.45, 2.75) is 19.9 Å². The van der Waals surface area contributed by atoms with E-state index >= 15 is 0 Å². The Balaban J connectivity index is 2.20. The second-order valence-corrected chi connectivity index (χ2v) is 6.14. The van der Waals surface area contributed by atoms with Crippen LogP contribution in [-0.4, -0.2) is 40.1 Å². The van der Waals surface area contributed by atoms with Gasteiger partial charge < -0.3 is 10.0 Å². The number of aliphatic hydroxyl groups is 1. The maximum Gasteiger partial charge on any atom is 0.273 e. The van der Waals surface area contributed by atoms with Crippen LogP contribution in [0.1, 0.15) is 24.3 Å². The summed E-state index contributed by atoms with van der Waals surface area (Å²) < 4.78 is 0. The molecular formula is C13H16N2O2S2. The standard InChI is InChI=1S/C13H16N2O2S2/c1-9(2)15(5-6-16)13(17)10-8-19-12(14-10)11-4-3-7-18-11/h3-4,7-9,16H,5-6H2,1-2H3. The third kappa shape index (κ3) is 3.20. The molecule has 0 saturated carbocycles. The Hall–Kier alpha value is -1.24. The van der Waals surface area contributed by atoms with E-state index in [1.54, 1.807) is 21.6 Å². The van der Waals surface area contributed by atoms with Gasteiger partial charge in [-0.05, 0) is 25.3 Å². The third-order valence-electron chi connectivity index (χ3n) is 2.68. The third-order valence-corrected chi connectivity index (χ3v) is 4.56. The number of aliphatic hydroxyl groups excluding tert-OH is 1. The minimum absolute atomic E-state index is 0.0359. The molecule has 102 valence electrons. The van der Waals surface area contributed by atoms with Crippen LogP contribution in [0.15, 0.2) is 22.9 Å². The van der Waals surface area contributed by atoms with E-state index in [-0.39, 0.29) is 18.6 Å². The summed E-state index contributed by atoms with van der Waals surface area (Å²) in [7, 11) is 0. The number of carbonyl (C=O) groups excluding carboxylic acids is 1. The van der Waals surface area contributed by atoms with Crippen LogP contribution in [0.5, 0.6) is 0 Å². The molecule has 0 aliphatic heterocycles. The molecule has 0 aliphatic rings. The normalized spacial score (nSPS) is 10.9. The van der Waals surface area contributed by atoms with Crippen LogP contribution >= 0.6 is 22.7 Å². The Morgan fingerprint density at radius 1 is 1.47 bits per heavy atom. The fraction of sp³-hybridized carbons (Fsp3) is 0.385. The molecule has 0 aromatic carbocycles. The number of thiazole rings is 1. The molecule has 2 aromatic heterocycles. The Morgan fingerprint density at radius 3 is 2.84 bits per heavy atom. The van der Waals surface area contributed by atoms with Crippen molar-refractivity contribution in [1.29, 1.82) is 0 Å². The second kappa shape index (κ2) is 6.27. The molecule has 0 aliphatic carbocycles. The van der Waals surface area contributed by atoms with Crippen LogP contribution in [0.3, 0.4) is 0 Å². The molecule has 19 heavy (non-hydrogen) atoms. The SMILES string of the molecule is CC(C)N(CCO)C(=O)c1csc(-c2cccs2)n1. The highest BCUT2D eigenvalue weighted by Gasteiger charge is 2.21. The second-order valence-electron chi connectivity index (χ2n) is 4.33. The summed E-state index contributed by atoms with van der Waals surface area (Å²) in [6.45, 7) is 4.16. The van der Waals surface area contributed by atoms with Crippen LogP contribution in [0.2, 0.25) is 0 Å². The molecule has 1 N–H and O–H groups in total. The zero-order valence-corrected chi connectivity index (χ0v) is 12.5. The summed E-state index contributed by atoms with van der Waals surface area (Å²) in [5.41, 5.74) is 0.454. The fourth-order valence-electron chi connectivity index (χ4n) is 1.73. The van der Waals surface area contributed by atoms with Gasteiger partial charge >= 0.3 is 0 Å². The molecule has 0 saturated heterocycles. The van der Waals surface area contributed by atoms with Crippen molar-refractivity contribution in [3.8, 4) is 9.88 Å². The van der Waals surface area contributed by atoms with Gasteiger partial charge in [0.15, 0.2) is 0 Å². The van der Waals surface area contributed by atoms with Gasteiger partial charge in [-0.2, -0.15) is 0 Å². The van der Waals surface area contributed by atoms with Crippen molar-refractivity contribution in [3.05, 3.63) is 28.6 Å². The molecule has 1 amide bonds. The maximum absolute atomic E-state index is 12.3. The van der Waals surface area contributed by atoms with E-state index in [1.807, 2.05) is 31.4 Å². The number of thiophene rings is 1. The fourth-order valence-corrected chi connectivity index (χ4v) is 3.34. The first kappa shape index (κ1) is 14.2. The van der Waals surface area contributed by atoms with Crippen molar-refractivity contribution >= 4 is 28.6 Å². The first-order chi connectivity index (χ1) is 9.13. The van der Waals surface area contributed by atoms with Crippen LogP contribution in [0.4, 0.5) is 0 Å². The van der Waals surface area contributed by atoms with E-state index < -0.39 is 0 Å². The zero-order chi connectivity index (χ0) is 13.8. The number of hydrogen-bond acceptors (Lipinski definition) is 5. The number of rotatable bonds is 5. The smallest absolute Gasteiger partial charge is 0.273 e. The van der Waals surface area contributed by atoms with Gasteiger partial charge in [0.1, 0.15) is 10.7 Å². The van der Waals surface area contributed by atoms with Gasteiger partial charge in [0.05, 0.1) is 11.5 Å². The molecule has 0 radical (unpaired) electrons. The summed E-state index contributed by atoms with van der Waals surface area (Å²) in [5, 5.41) is 13.7. The van der Waals surface area contributed by atoms with Crippen LogP contribution < -0.4 is 0 Å². The minimum atomic E-state index is -0.122. The van der Waals surface area contributed by atoms with Gasteiger partial charge in [-0.25, -0.2) is 4.98 Å². The van der Waals surface area contributed by atoms with Crippen molar-refractivity contribution < 1.29 is 9.90 Å². The lowest BCUT2D eigenvalue weighted by Gasteiger charge is -2.24. The molecule has 2 rings (SSSR count). The number of aromatic nitrogens is 1. The van der Waals surface area contributed by atoms with Crippen molar-refractivity contribution in [2.75, 3.05) is 13.2 Å². The first-order valence-electron chi connectivity index (χ1n) is 6.04. The predicted molar refractivity (Wildman–Crippen MR) is 78.7 cm³/mol. The number of nitrogens with zero attached hydrogens (tertiary/aromatic N) is 2. The Bertz CT molecular complexity index is 535. The highest BCUT2D eigenvalue weighted by atomic mass is 32.1. The highest BCUT2D eigenvalue weighted by molar-refractivity contribution is 7.20. The van der Waals surface area contributed by atoms with E-state index in [1.165, 1.54) is 11.3 Å². The largest absolute Gasteiger partial charge is 0.395 e. The lowest BCUT2D eigenvalue weighted by atomic mass is 10.3. The minimum Gasteiger partial charge on any atom is -0.395 e. The maximum atomic E-state index is 12.3. The van der Waals surface area contributed by atoms with Crippen molar-refractivity contribution in [1.82, 2.24) is 9.88 Å². The van der Waals surface area contributed by atoms with Gasteiger partial charge in [-0.3, -0.25) is 4.79 Å². The van der Waals surface area contributed by atoms with E-state index in [0.717, 1.165) is 9.88 Å². The molecule has 0 atom stereocenters. The van der Waals surface area contributed by atoms with Gasteiger partial charge in [-0.15, -0.1) is 22.7 Å². The molecule has 2 heterocycles. The van der Waals surface area contributed by atoms with Gasteiger partial charge in [0.25, 0.3) is 5.91 Å². The highest BCUT2D eigenvalue weighted by Crippen LogP contribution is 2.28. The van der Waals surface area contributed by atoms with E-state index in [2.05, 4.69) is 4.98 Å². The Morgan fingerprint density at radius 2 is 2.26 bits per heavy atom. The topological polar surface area (TPSA) is 53.4 Å². The van der Waals surface area contributed by atoms with Gasteiger partial charge in [-0.1, -0.05) is 6.07 Å². The van der Waals surface area contributed by atoms with Crippen LogP contribution in [0, 0.1) is 0 Å². The lowest BCUT2D eigenvalue weighted by molar-refractivity contribution is 0.0660. The summed E-state index contributed by atoms with van der Waals surface area (Å²) in [4.78, 5) is 19.4. The Labute approximate surface area is 120 Å². The van der Waals surface area contributed by atoms with E-state index in [0.29, 0.717) is 12.2 Å². The summed E-state index contributed by atoms with van der Waals surface area (Å²) in [6.07, 6.45) is 0. The van der Waals surface area contributed by atoms with E-state index in [4.69, 9.17) is 5.11 Å². The summed E-state index contributed by atoms with van der Waals surface area (Å²) in [6, 6.07) is 4.01. The Kier molecular flexibility index (Phi) is 4.68. The number of carbonyl (C=O) groups is 1. The monoisotopic (exact) mass is 296 g/mol. The molecule has 4 nitrogen and oxygen atoms in total. The number of hydrogen-bond donors (Lipinski definition) is 1. The molecule has 0 unspecified atom stereocenters. The predicted octanol–water partition coefficient (Wildman–Crippen LogP) is 2.71. The molecule has 2 aromatic rings. The zero-order valence-electron chi connectivity index (χ0n) is 10.9. The lowest BCUT2D eigenvalue weighted by Crippen LogP contribution is -2.39. The molecule has 6 heteroatoms. The first-order valence-corrected chi connectivity index (χ1v) is 7.80. The molecule has 0 fully saturated rings. The average Bonchev–Trinajstić information content (AvgIpc) is 3.03.